The van der Waals surface area contributed by atoms with Crippen molar-refractivity contribution in [2.24, 2.45) is 0 Å². The second-order valence-corrected chi connectivity index (χ2v) is 8.68. The zero-order chi connectivity index (χ0) is 18.4. The van der Waals surface area contributed by atoms with Gasteiger partial charge in [-0.1, -0.05) is 72.4 Å². The molecule has 5 nitrogen and oxygen atoms in total. The zero-order valence-electron chi connectivity index (χ0n) is 14.4. The first kappa shape index (κ1) is 18.7. The lowest BCUT2D eigenvalue weighted by Gasteiger charge is -2.02. The summed E-state index contributed by atoms with van der Waals surface area (Å²) in [5, 5.41) is 0.526. The molecule has 0 aliphatic carbocycles. The predicted octanol–water partition coefficient (Wildman–Crippen LogP) is 4.04. The minimum Gasteiger partial charge on any atom is -0.431 e. The van der Waals surface area contributed by atoms with Gasteiger partial charge in [0.05, 0.1) is 5.75 Å². The van der Waals surface area contributed by atoms with Crippen LogP contribution in [0.25, 0.3) is 22.6 Å². The molecule has 0 unspecified atom stereocenters. The van der Waals surface area contributed by atoms with Gasteiger partial charge in [-0.15, -0.1) is 0 Å². The highest BCUT2D eigenvalue weighted by Crippen LogP contribution is 2.35. The van der Waals surface area contributed by atoms with E-state index in [-0.39, 0.29) is 5.75 Å². The van der Waals surface area contributed by atoms with E-state index in [1.807, 2.05) is 60.7 Å². The second-order valence-electron chi connectivity index (χ2n) is 5.54. The summed E-state index contributed by atoms with van der Waals surface area (Å²) in [6.45, 7) is 1.95. The molecule has 0 saturated heterocycles. The van der Waals surface area contributed by atoms with E-state index in [4.69, 9.17) is 4.42 Å². The Morgan fingerprint density at radius 2 is 1.62 bits per heavy atom. The van der Waals surface area contributed by atoms with Gasteiger partial charge in [-0.05, 0) is 6.92 Å². The summed E-state index contributed by atoms with van der Waals surface area (Å²) in [6.07, 6.45) is 0. The van der Waals surface area contributed by atoms with Gasteiger partial charge in [0.1, 0.15) is 5.69 Å². The van der Waals surface area contributed by atoms with Crippen molar-refractivity contribution < 1.29 is 12.8 Å². The summed E-state index contributed by atoms with van der Waals surface area (Å²) in [4.78, 5) is 4.63. The molecule has 0 aliphatic rings. The Labute approximate surface area is 157 Å². The molecule has 0 amide bonds. The van der Waals surface area contributed by atoms with Crippen molar-refractivity contribution in [3.63, 3.8) is 0 Å². The average Bonchev–Trinajstić information content (AvgIpc) is 3.11. The Balaban J connectivity index is 1.81. The Hall–Kier alpha value is -2.09. The van der Waals surface area contributed by atoms with Crippen LogP contribution in [0.5, 0.6) is 0 Å². The third-order valence-electron chi connectivity index (χ3n) is 3.72. The molecule has 136 valence electrons. The third kappa shape index (κ3) is 4.75. The van der Waals surface area contributed by atoms with Crippen molar-refractivity contribution in [3.8, 4) is 22.6 Å². The topological polar surface area (TPSA) is 72.2 Å². The van der Waals surface area contributed by atoms with E-state index in [9.17, 15) is 8.42 Å². The molecule has 1 aromatic heterocycles. The predicted molar refractivity (Wildman–Crippen MR) is 106 cm³/mol. The fourth-order valence-corrected chi connectivity index (χ4v) is 3.80. The normalized spacial score (nSPS) is 11.6. The van der Waals surface area contributed by atoms with Crippen LogP contribution in [0, 0.1) is 0 Å². The highest BCUT2D eigenvalue weighted by atomic mass is 32.2. The second kappa shape index (κ2) is 8.53. The number of aromatic nitrogens is 1. The summed E-state index contributed by atoms with van der Waals surface area (Å²) in [6, 6.07) is 19.7. The minimum absolute atomic E-state index is 0.0764. The minimum atomic E-state index is -3.18. The van der Waals surface area contributed by atoms with Crippen molar-refractivity contribution in [2.45, 2.75) is 12.1 Å². The quantitative estimate of drug-likeness (QED) is 0.466. The summed E-state index contributed by atoms with van der Waals surface area (Å²) >= 11 is 1.39. The molecule has 0 saturated carbocycles. The lowest BCUT2D eigenvalue weighted by atomic mass is 10.1. The van der Waals surface area contributed by atoms with Gasteiger partial charge in [-0.25, -0.2) is 18.1 Å². The van der Waals surface area contributed by atoms with Crippen LogP contribution in [0.3, 0.4) is 0 Å². The van der Waals surface area contributed by atoms with E-state index in [0.29, 0.717) is 23.3 Å². The van der Waals surface area contributed by atoms with Crippen molar-refractivity contribution in [3.05, 3.63) is 60.7 Å². The van der Waals surface area contributed by atoms with E-state index >= 15 is 0 Å². The van der Waals surface area contributed by atoms with Gasteiger partial charge in [-0.2, -0.15) is 0 Å². The van der Waals surface area contributed by atoms with Gasteiger partial charge in [0.25, 0.3) is 5.22 Å². The van der Waals surface area contributed by atoms with E-state index in [0.717, 1.165) is 16.8 Å². The molecule has 1 N–H and O–H groups in total. The summed E-state index contributed by atoms with van der Waals surface area (Å²) in [5.74, 6) is 1.34. The van der Waals surface area contributed by atoms with Crippen LogP contribution in [0.2, 0.25) is 0 Å². The van der Waals surface area contributed by atoms with Gasteiger partial charge in [0.15, 0.2) is 5.76 Å². The number of oxazole rings is 1. The number of benzene rings is 2. The molecule has 0 bridgehead atoms. The number of hydrogen-bond donors (Lipinski definition) is 1. The van der Waals surface area contributed by atoms with Crippen LogP contribution >= 0.6 is 11.8 Å². The van der Waals surface area contributed by atoms with Crippen molar-refractivity contribution in [1.29, 1.82) is 0 Å². The largest absolute Gasteiger partial charge is 0.431 e. The highest BCUT2D eigenvalue weighted by Gasteiger charge is 2.17. The number of sulfonamides is 1. The molecule has 0 atom stereocenters. The number of rotatable bonds is 8. The maximum absolute atomic E-state index is 11.5. The molecule has 3 aromatic rings. The van der Waals surface area contributed by atoms with Crippen molar-refractivity contribution in [2.75, 3.05) is 18.1 Å². The Bertz CT molecular complexity index is 882. The molecule has 0 radical (unpaired) electrons. The van der Waals surface area contributed by atoms with E-state index < -0.39 is 10.0 Å². The Morgan fingerprint density at radius 1 is 1.00 bits per heavy atom. The summed E-state index contributed by atoms with van der Waals surface area (Å²) in [5.41, 5.74) is 2.72. The molecular weight excluding hydrogens is 368 g/mol. The molecule has 0 aliphatic heterocycles. The lowest BCUT2D eigenvalue weighted by Crippen LogP contribution is -2.27. The fraction of sp³-hybridized carbons (Fsp3) is 0.211. The Morgan fingerprint density at radius 3 is 2.23 bits per heavy atom. The van der Waals surface area contributed by atoms with Crippen LogP contribution in [0.4, 0.5) is 0 Å². The first-order valence-corrected chi connectivity index (χ1v) is 10.9. The first-order valence-electron chi connectivity index (χ1n) is 8.31. The van der Waals surface area contributed by atoms with Crippen LogP contribution in [0.15, 0.2) is 70.3 Å². The molecule has 0 fully saturated rings. The van der Waals surface area contributed by atoms with E-state index in [1.165, 1.54) is 11.8 Å². The number of hydrogen-bond acceptors (Lipinski definition) is 5. The number of nitrogens with one attached hydrogen (secondary N) is 1. The Kier molecular flexibility index (Phi) is 6.13. The SMILES string of the molecule is CCS(=O)(=O)NCCSc1nc(-c2ccccc2)c(-c2ccccc2)o1. The monoisotopic (exact) mass is 388 g/mol. The molecule has 0 spiro atoms. The molecule has 7 heteroatoms. The third-order valence-corrected chi connectivity index (χ3v) is 5.95. The smallest absolute Gasteiger partial charge is 0.256 e. The summed E-state index contributed by atoms with van der Waals surface area (Å²) in [7, 11) is -3.18. The first-order chi connectivity index (χ1) is 12.6. The lowest BCUT2D eigenvalue weighted by molar-refractivity contribution is 0.466. The molecule has 3 rings (SSSR count). The fourth-order valence-electron chi connectivity index (χ4n) is 2.38. The van der Waals surface area contributed by atoms with E-state index in [2.05, 4.69) is 9.71 Å². The maximum Gasteiger partial charge on any atom is 0.256 e. The molecule has 1 heterocycles. The zero-order valence-corrected chi connectivity index (χ0v) is 16.0. The van der Waals surface area contributed by atoms with Crippen LogP contribution in [-0.4, -0.2) is 31.5 Å². The average molecular weight is 389 g/mol. The van der Waals surface area contributed by atoms with Crippen LogP contribution in [-0.2, 0) is 10.0 Å². The van der Waals surface area contributed by atoms with Crippen LogP contribution < -0.4 is 4.72 Å². The van der Waals surface area contributed by atoms with Gasteiger partial charge in [0.2, 0.25) is 10.0 Å². The standard InChI is InChI=1S/C19H20N2O3S2/c1-2-26(22,23)20-13-14-25-19-21-17(15-9-5-3-6-10-15)18(24-19)16-11-7-4-8-12-16/h3-12,20H,2,13-14H2,1H3. The van der Waals surface area contributed by atoms with Crippen molar-refractivity contribution in [1.82, 2.24) is 9.71 Å². The van der Waals surface area contributed by atoms with Gasteiger partial charge < -0.3 is 4.42 Å². The highest BCUT2D eigenvalue weighted by molar-refractivity contribution is 7.99. The van der Waals surface area contributed by atoms with Gasteiger partial charge in [-0.3, -0.25) is 0 Å². The van der Waals surface area contributed by atoms with Gasteiger partial charge in [0, 0.05) is 23.4 Å². The number of thioether (sulfide) groups is 1. The van der Waals surface area contributed by atoms with E-state index in [1.54, 1.807) is 6.92 Å². The molecule has 26 heavy (non-hydrogen) atoms. The maximum atomic E-state index is 11.5. The number of nitrogens with zero attached hydrogens (tertiary/aromatic N) is 1. The van der Waals surface area contributed by atoms with Gasteiger partial charge >= 0.3 is 0 Å². The summed E-state index contributed by atoms with van der Waals surface area (Å²) < 4.78 is 31.5. The van der Waals surface area contributed by atoms with Crippen molar-refractivity contribution >= 4 is 21.8 Å². The molecular formula is C19H20N2O3S2. The molecule has 2 aromatic carbocycles. The van der Waals surface area contributed by atoms with Crippen LogP contribution in [0.1, 0.15) is 6.92 Å².